The number of aromatic nitrogens is 3. The molecule has 2 N–H and O–H groups in total. The first kappa shape index (κ1) is 22.2. The second kappa shape index (κ2) is 9.70. The van der Waals surface area contributed by atoms with Gasteiger partial charge in [0.15, 0.2) is 0 Å². The van der Waals surface area contributed by atoms with Crippen molar-refractivity contribution in [2.45, 2.75) is 13.1 Å². The van der Waals surface area contributed by atoms with Crippen LogP contribution < -0.4 is 5.32 Å². The molecule has 0 atom stereocenters. The molecule has 1 aliphatic rings. The second-order valence-corrected chi connectivity index (χ2v) is 9.21. The highest BCUT2D eigenvalue weighted by atomic mass is 32.1. The average molecular weight is 479 g/mol. The number of hydrogen-bond donors (Lipinski definition) is 2. The molecule has 174 valence electrons. The zero-order chi connectivity index (χ0) is 23.5. The van der Waals surface area contributed by atoms with E-state index < -0.39 is 0 Å². The summed E-state index contributed by atoms with van der Waals surface area (Å²) in [5, 5.41) is 13.0. The van der Waals surface area contributed by atoms with Gasteiger partial charge in [0.2, 0.25) is 5.01 Å². The highest BCUT2D eigenvalue weighted by Gasteiger charge is 2.24. The minimum absolute atomic E-state index is 0.00637. The number of carbonyl (C=O) groups excluding carboxylic acids is 2. The van der Waals surface area contributed by atoms with Crippen LogP contribution in [0.3, 0.4) is 0 Å². The number of fused-ring (bicyclic) bond motifs is 1. The molecule has 10 heteroatoms. The fraction of sp³-hybridized carbons (Fsp3) is 0.250. The molecule has 34 heavy (non-hydrogen) atoms. The van der Waals surface area contributed by atoms with E-state index in [1.807, 2.05) is 35.2 Å². The zero-order valence-electron chi connectivity index (χ0n) is 18.3. The molecule has 2 amide bonds. The summed E-state index contributed by atoms with van der Waals surface area (Å²) in [6.45, 7) is 3.56. The van der Waals surface area contributed by atoms with Crippen LogP contribution in [-0.2, 0) is 13.1 Å². The van der Waals surface area contributed by atoms with Crippen molar-refractivity contribution in [1.82, 2.24) is 30.3 Å². The van der Waals surface area contributed by atoms with Crippen LogP contribution in [0.25, 0.3) is 10.9 Å². The first-order valence-corrected chi connectivity index (χ1v) is 11.8. The Morgan fingerprint density at radius 3 is 2.56 bits per heavy atom. The van der Waals surface area contributed by atoms with Gasteiger partial charge in [-0.1, -0.05) is 41.7 Å². The van der Waals surface area contributed by atoms with Gasteiger partial charge < -0.3 is 15.2 Å². The van der Waals surface area contributed by atoms with Crippen molar-refractivity contribution >= 4 is 34.1 Å². The molecule has 5 rings (SSSR count). The third kappa shape index (κ3) is 4.97. The Morgan fingerprint density at radius 2 is 1.79 bits per heavy atom. The van der Waals surface area contributed by atoms with Crippen molar-refractivity contribution in [3.63, 3.8) is 0 Å². The SMILES string of the molecule is O=C(NCc1ccc(F)cc1)c1nnc(CN2CCN(C(=O)c3cc4ccccc4[nH]3)CC2)s1. The highest BCUT2D eigenvalue weighted by molar-refractivity contribution is 7.13. The number of aromatic amines is 1. The van der Waals surface area contributed by atoms with E-state index in [1.165, 1.54) is 23.5 Å². The number of halogens is 1. The first-order chi connectivity index (χ1) is 16.5. The predicted octanol–water partition coefficient (Wildman–Crippen LogP) is 3.05. The van der Waals surface area contributed by atoms with Gasteiger partial charge in [-0.25, -0.2) is 4.39 Å². The lowest BCUT2D eigenvalue weighted by Gasteiger charge is -2.33. The number of carbonyl (C=O) groups is 2. The quantitative estimate of drug-likeness (QED) is 0.444. The van der Waals surface area contributed by atoms with E-state index in [2.05, 4.69) is 25.4 Å². The Balaban J connectivity index is 1.11. The molecule has 3 heterocycles. The van der Waals surface area contributed by atoms with Crippen molar-refractivity contribution in [3.05, 3.63) is 81.7 Å². The maximum Gasteiger partial charge on any atom is 0.282 e. The Labute approximate surface area is 199 Å². The molecule has 4 aromatic rings. The molecule has 0 spiro atoms. The van der Waals surface area contributed by atoms with E-state index >= 15 is 0 Å². The van der Waals surface area contributed by atoms with Crippen molar-refractivity contribution < 1.29 is 14.0 Å². The highest BCUT2D eigenvalue weighted by Crippen LogP contribution is 2.18. The maximum absolute atomic E-state index is 13.0. The Kier molecular flexibility index (Phi) is 6.33. The molecule has 0 saturated carbocycles. The van der Waals surface area contributed by atoms with Crippen LogP contribution in [0, 0.1) is 5.82 Å². The van der Waals surface area contributed by atoms with Crippen LogP contribution in [0.15, 0.2) is 54.6 Å². The summed E-state index contributed by atoms with van der Waals surface area (Å²) in [6.07, 6.45) is 0. The third-order valence-corrected chi connectivity index (χ3v) is 6.71. The molecule has 2 aromatic carbocycles. The fourth-order valence-corrected chi connectivity index (χ4v) is 4.73. The van der Waals surface area contributed by atoms with Gasteiger partial charge in [-0.3, -0.25) is 14.5 Å². The minimum Gasteiger partial charge on any atom is -0.351 e. The summed E-state index contributed by atoms with van der Waals surface area (Å²) in [5.41, 5.74) is 2.37. The molecule has 1 saturated heterocycles. The van der Waals surface area contributed by atoms with Crippen LogP contribution in [0.4, 0.5) is 4.39 Å². The number of hydrogen-bond acceptors (Lipinski definition) is 6. The van der Waals surface area contributed by atoms with Crippen molar-refractivity contribution in [1.29, 1.82) is 0 Å². The van der Waals surface area contributed by atoms with Gasteiger partial charge in [-0.15, -0.1) is 10.2 Å². The molecular weight excluding hydrogens is 455 g/mol. The van der Waals surface area contributed by atoms with Gasteiger partial charge >= 0.3 is 0 Å². The van der Waals surface area contributed by atoms with Crippen LogP contribution in [-0.4, -0.2) is 63.0 Å². The summed E-state index contributed by atoms with van der Waals surface area (Å²) >= 11 is 1.26. The van der Waals surface area contributed by atoms with Gasteiger partial charge in [0, 0.05) is 43.6 Å². The lowest BCUT2D eigenvalue weighted by atomic mass is 10.2. The number of amides is 2. The molecule has 0 radical (unpaired) electrons. The van der Waals surface area contributed by atoms with Crippen molar-refractivity contribution in [2.24, 2.45) is 0 Å². The molecule has 0 bridgehead atoms. The largest absolute Gasteiger partial charge is 0.351 e. The zero-order valence-corrected chi connectivity index (χ0v) is 19.1. The number of benzene rings is 2. The number of para-hydroxylation sites is 1. The molecule has 8 nitrogen and oxygen atoms in total. The molecule has 0 unspecified atom stereocenters. The van der Waals surface area contributed by atoms with E-state index in [4.69, 9.17) is 0 Å². The van der Waals surface area contributed by atoms with Crippen molar-refractivity contribution in [3.8, 4) is 0 Å². The van der Waals surface area contributed by atoms with E-state index in [0.29, 0.717) is 36.9 Å². The average Bonchev–Trinajstić information content (AvgIpc) is 3.51. The normalized spacial score (nSPS) is 14.4. The van der Waals surface area contributed by atoms with E-state index in [0.717, 1.165) is 34.6 Å². The number of nitrogens with zero attached hydrogens (tertiary/aromatic N) is 4. The standard InChI is InChI=1S/C24H23FN6O2S/c25-18-7-5-16(6-8-18)14-26-22(32)23-29-28-21(34-23)15-30-9-11-31(12-10-30)24(33)20-13-17-3-1-2-4-19(17)27-20/h1-8,13,27H,9-12,14-15H2,(H,26,32). The third-order valence-electron chi connectivity index (χ3n) is 5.81. The first-order valence-electron chi connectivity index (χ1n) is 11.0. The summed E-state index contributed by atoms with van der Waals surface area (Å²) in [4.78, 5) is 32.5. The molecule has 1 fully saturated rings. The summed E-state index contributed by atoms with van der Waals surface area (Å²) in [5.74, 6) is -0.611. The van der Waals surface area contributed by atoms with Gasteiger partial charge in [0.25, 0.3) is 11.8 Å². The van der Waals surface area contributed by atoms with E-state index in [1.54, 1.807) is 12.1 Å². The fourth-order valence-electron chi connectivity index (χ4n) is 3.93. The van der Waals surface area contributed by atoms with Gasteiger partial charge in [-0.2, -0.15) is 0 Å². The van der Waals surface area contributed by atoms with Crippen LogP contribution in [0.2, 0.25) is 0 Å². The Morgan fingerprint density at radius 1 is 1.03 bits per heavy atom. The second-order valence-electron chi connectivity index (χ2n) is 8.15. The summed E-state index contributed by atoms with van der Waals surface area (Å²) in [6, 6.07) is 15.7. The summed E-state index contributed by atoms with van der Waals surface area (Å²) in [7, 11) is 0. The lowest BCUT2D eigenvalue weighted by molar-refractivity contribution is 0.0623. The maximum atomic E-state index is 13.0. The molecular formula is C24H23FN6O2S. The monoisotopic (exact) mass is 478 g/mol. The lowest BCUT2D eigenvalue weighted by Crippen LogP contribution is -2.48. The Bertz CT molecular complexity index is 1280. The minimum atomic E-state index is -0.313. The molecule has 1 aliphatic heterocycles. The van der Waals surface area contributed by atoms with E-state index in [-0.39, 0.29) is 17.6 Å². The number of nitrogens with one attached hydrogen (secondary N) is 2. The number of H-pyrrole nitrogens is 1. The van der Waals surface area contributed by atoms with Crippen LogP contribution in [0.5, 0.6) is 0 Å². The van der Waals surface area contributed by atoms with Gasteiger partial charge in [0.05, 0.1) is 6.54 Å². The topological polar surface area (TPSA) is 94.2 Å². The van der Waals surface area contributed by atoms with Crippen molar-refractivity contribution in [2.75, 3.05) is 26.2 Å². The number of rotatable bonds is 6. The van der Waals surface area contributed by atoms with Gasteiger partial charge in [0.1, 0.15) is 16.5 Å². The predicted molar refractivity (Wildman–Crippen MR) is 127 cm³/mol. The van der Waals surface area contributed by atoms with Crippen LogP contribution >= 0.6 is 11.3 Å². The smallest absolute Gasteiger partial charge is 0.282 e. The Hall–Kier alpha value is -3.63. The van der Waals surface area contributed by atoms with Crippen LogP contribution in [0.1, 0.15) is 30.9 Å². The van der Waals surface area contributed by atoms with Gasteiger partial charge in [-0.05, 0) is 29.8 Å². The molecule has 0 aliphatic carbocycles. The summed E-state index contributed by atoms with van der Waals surface area (Å²) < 4.78 is 13.0. The number of piperazine rings is 1. The molecule has 2 aromatic heterocycles. The van der Waals surface area contributed by atoms with E-state index in [9.17, 15) is 14.0 Å².